The first-order valence-electron chi connectivity index (χ1n) is 6.17. The first-order chi connectivity index (χ1) is 8.59. The van der Waals surface area contributed by atoms with E-state index in [1.807, 2.05) is 37.3 Å². The molecule has 1 aromatic carbocycles. The highest BCUT2D eigenvalue weighted by Gasteiger charge is 2.41. The third kappa shape index (κ3) is 1.59. The molecule has 0 saturated heterocycles. The van der Waals surface area contributed by atoms with Gasteiger partial charge in [-0.05, 0) is 25.1 Å². The average molecular weight is 241 g/mol. The molecule has 2 atom stereocenters. The Labute approximate surface area is 107 Å². The van der Waals surface area contributed by atoms with Gasteiger partial charge >= 0.3 is 0 Å². The monoisotopic (exact) mass is 241 g/mol. The van der Waals surface area contributed by atoms with Crippen molar-refractivity contribution >= 4 is 0 Å². The average Bonchev–Trinajstić information content (AvgIpc) is 2.45. The van der Waals surface area contributed by atoms with Crippen LogP contribution in [-0.4, -0.2) is 5.72 Å². The van der Waals surface area contributed by atoms with Gasteiger partial charge in [0.2, 0.25) is 17.5 Å². The number of nitrogens with two attached hydrogens (primary N) is 1. The van der Waals surface area contributed by atoms with E-state index in [1.165, 1.54) is 0 Å². The van der Waals surface area contributed by atoms with E-state index in [4.69, 9.17) is 10.5 Å². The molecular formula is C15H17N2O+. The topological polar surface area (TPSA) is 39.1 Å². The Kier molecular flexibility index (Phi) is 2.38. The summed E-state index contributed by atoms with van der Waals surface area (Å²) >= 11 is 0. The van der Waals surface area contributed by atoms with Crippen LogP contribution >= 0.6 is 0 Å². The SMILES string of the molecule is C[C@H]1[n+]2ccccc2-c2ccccc2OC1(C)N. The summed E-state index contributed by atoms with van der Waals surface area (Å²) in [6.45, 7) is 4.00. The first-order valence-corrected chi connectivity index (χ1v) is 6.17. The summed E-state index contributed by atoms with van der Waals surface area (Å²) in [5, 5.41) is 0. The molecular weight excluding hydrogens is 224 g/mol. The Morgan fingerprint density at radius 2 is 1.89 bits per heavy atom. The number of hydrogen-bond acceptors (Lipinski definition) is 2. The lowest BCUT2D eigenvalue weighted by Gasteiger charge is -2.26. The number of fused-ring (bicyclic) bond motifs is 3. The minimum atomic E-state index is -0.729. The molecule has 0 saturated carbocycles. The molecule has 0 aliphatic carbocycles. The lowest BCUT2D eigenvalue weighted by Crippen LogP contribution is -2.58. The number of hydrogen-bond donors (Lipinski definition) is 1. The number of ether oxygens (including phenoxy) is 1. The van der Waals surface area contributed by atoms with E-state index in [9.17, 15) is 0 Å². The molecule has 0 radical (unpaired) electrons. The number of pyridine rings is 1. The van der Waals surface area contributed by atoms with Gasteiger partial charge in [-0.25, -0.2) is 0 Å². The van der Waals surface area contributed by atoms with Crippen LogP contribution in [-0.2, 0) is 0 Å². The third-order valence-electron chi connectivity index (χ3n) is 3.63. The van der Waals surface area contributed by atoms with Crippen LogP contribution < -0.4 is 15.0 Å². The van der Waals surface area contributed by atoms with Crippen molar-refractivity contribution in [3.05, 3.63) is 48.7 Å². The van der Waals surface area contributed by atoms with Crippen LogP contribution in [0.1, 0.15) is 19.9 Å². The predicted molar refractivity (Wildman–Crippen MR) is 70.0 cm³/mol. The maximum absolute atomic E-state index is 6.31. The number of benzene rings is 1. The maximum Gasteiger partial charge on any atom is 0.217 e. The molecule has 3 heteroatoms. The number of nitrogens with zero attached hydrogens (tertiary/aromatic N) is 1. The molecule has 1 aromatic heterocycles. The third-order valence-corrected chi connectivity index (χ3v) is 3.63. The Morgan fingerprint density at radius 3 is 2.72 bits per heavy atom. The van der Waals surface area contributed by atoms with Gasteiger partial charge in [-0.3, -0.25) is 5.73 Å². The Hall–Kier alpha value is -1.87. The van der Waals surface area contributed by atoms with Crippen molar-refractivity contribution in [2.45, 2.75) is 25.6 Å². The van der Waals surface area contributed by atoms with Crippen LogP contribution in [0.2, 0.25) is 0 Å². The van der Waals surface area contributed by atoms with E-state index >= 15 is 0 Å². The summed E-state index contributed by atoms with van der Waals surface area (Å²) in [5.74, 6) is 0.840. The number of aromatic nitrogens is 1. The van der Waals surface area contributed by atoms with Gasteiger partial charge in [0.05, 0.1) is 5.56 Å². The van der Waals surface area contributed by atoms with E-state index in [0.717, 1.165) is 17.0 Å². The molecule has 18 heavy (non-hydrogen) atoms. The largest absolute Gasteiger partial charge is 0.465 e. The van der Waals surface area contributed by atoms with Gasteiger partial charge in [-0.15, -0.1) is 0 Å². The van der Waals surface area contributed by atoms with Gasteiger partial charge in [0.1, 0.15) is 5.75 Å². The predicted octanol–water partition coefficient (Wildman–Crippen LogP) is 2.27. The van der Waals surface area contributed by atoms with E-state index in [0.29, 0.717) is 0 Å². The van der Waals surface area contributed by atoms with Gasteiger partial charge in [-0.2, -0.15) is 4.57 Å². The summed E-state index contributed by atoms with van der Waals surface area (Å²) in [4.78, 5) is 0. The zero-order valence-electron chi connectivity index (χ0n) is 10.6. The summed E-state index contributed by atoms with van der Waals surface area (Å²) in [6.07, 6.45) is 2.05. The molecule has 2 aromatic rings. The smallest absolute Gasteiger partial charge is 0.217 e. The van der Waals surface area contributed by atoms with E-state index in [-0.39, 0.29) is 6.04 Å². The van der Waals surface area contributed by atoms with Crippen molar-refractivity contribution in [3.8, 4) is 17.0 Å². The quantitative estimate of drug-likeness (QED) is 0.719. The Bertz CT molecular complexity index is 593. The molecule has 2 N–H and O–H groups in total. The Balaban J connectivity index is 2.32. The fraction of sp³-hybridized carbons (Fsp3) is 0.267. The molecule has 0 bridgehead atoms. The highest BCUT2D eigenvalue weighted by Crippen LogP contribution is 2.34. The van der Waals surface area contributed by atoms with Gasteiger partial charge in [0.15, 0.2) is 6.20 Å². The lowest BCUT2D eigenvalue weighted by atomic mass is 10.1. The second-order valence-electron chi connectivity index (χ2n) is 4.95. The maximum atomic E-state index is 6.31. The highest BCUT2D eigenvalue weighted by molar-refractivity contribution is 5.65. The molecule has 3 rings (SSSR count). The molecule has 1 unspecified atom stereocenters. The van der Waals surface area contributed by atoms with Gasteiger partial charge < -0.3 is 4.74 Å². The number of rotatable bonds is 0. The van der Waals surface area contributed by atoms with Crippen molar-refractivity contribution in [2.75, 3.05) is 0 Å². The summed E-state index contributed by atoms with van der Waals surface area (Å²) < 4.78 is 8.17. The van der Waals surface area contributed by atoms with Crippen LogP contribution in [0.25, 0.3) is 11.3 Å². The molecule has 3 nitrogen and oxygen atoms in total. The lowest BCUT2D eigenvalue weighted by molar-refractivity contribution is -0.721. The van der Waals surface area contributed by atoms with Crippen molar-refractivity contribution in [1.82, 2.24) is 0 Å². The van der Waals surface area contributed by atoms with Crippen LogP contribution in [0.15, 0.2) is 48.7 Å². The first kappa shape index (κ1) is 11.2. The summed E-state index contributed by atoms with van der Waals surface area (Å²) in [7, 11) is 0. The number of para-hydroxylation sites is 1. The molecule has 0 fully saturated rings. The summed E-state index contributed by atoms with van der Waals surface area (Å²) in [6, 6.07) is 14.2. The molecule has 2 heterocycles. The van der Waals surface area contributed by atoms with E-state index in [2.05, 4.69) is 29.8 Å². The van der Waals surface area contributed by atoms with Crippen molar-refractivity contribution in [3.63, 3.8) is 0 Å². The molecule has 92 valence electrons. The molecule has 0 spiro atoms. The zero-order chi connectivity index (χ0) is 12.8. The Morgan fingerprint density at radius 1 is 1.17 bits per heavy atom. The second kappa shape index (κ2) is 3.82. The van der Waals surface area contributed by atoms with Crippen LogP contribution in [0.3, 0.4) is 0 Å². The minimum absolute atomic E-state index is 0.0566. The van der Waals surface area contributed by atoms with Crippen molar-refractivity contribution in [2.24, 2.45) is 5.73 Å². The van der Waals surface area contributed by atoms with E-state index < -0.39 is 5.72 Å². The standard InChI is InChI=1S/C15H17N2O/c1-11-15(2,16)18-14-9-4-3-7-12(14)13-8-5-6-10-17(11)13/h3-11H,16H2,1-2H3/q+1/t11-,15?/m1/s1. The molecule has 1 aliphatic rings. The van der Waals surface area contributed by atoms with Gasteiger partial charge in [0.25, 0.3) is 0 Å². The zero-order valence-corrected chi connectivity index (χ0v) is 10.6. The van der Waals surface area contributed by atoms with Gasteiger partial charge in [0, 0.05) is 19.1 Å². The summed E-state index contributed by atoms with van der Waals surface area (Å²) in [5.41, 5.74) is 7.80. The van der Waals surface area contributed by atoms with Crippen LogP contribution in [0.4, 0.5) is 0 Å². The van der Waals surface area contributed by atoms with Crippen LogP contribution in [0.5, 0.6) is 5.75 Å². The second-order valence-corrected chi connectivity index (χ2v) is 4.95. The van der Waals surface area contributed by atoms with E-state index in [1.54, 1.807) is 0 Å². The fourth-order valence-electron chi connectivity index (χ4n) is 2.39. The molecule has 1 aliphatic heterocycles. The normalized spacial score (nSPS) is 25.6. The van der Waals surface area contributed by atoms with Gasteiger partial charge in [-0.1, -0.05) is 12.1 Å². The van der Waals surface area contributed by atoms with Crippen LogP contribution in [0, 0.1) is 0 Å². The van der Waals surface area contributed by atoms with Crippen molar-refractivity contribution in [1.29, 1.82) is 0 Å². The van der Waals surface area contributed by atoms with Crippen molar-refractivity contribution < 1.29 is 9.30 Å². The highest BCUT2D eigenvalue weighted by atomic mass is 16.5. The minimum Gasteiger partial charge on any atom is -0.465 e. The fourth-order valence-corrected chi connectivity index (χ4v) is 2.39. The molecule has 0 amide bonds.